The molecule has 124 valence electrons. The predicted molar refractivity (Wildman–Crippen MR) is 87.0 cm³/mol. The molecule has 1 aromatic heterocycles. The molecule has 0 aliphatic heterocycles. The van der Waals surface area contributed by atoms with Crippen molar-refractivity contribution in [3.8, 4) is 0 Å². The van der Waals surface area contributed by atoms with Crippen LogP contribution in [0.25, 0.3) is 0 Å². The van der Waals surface area contributed by atoms with E-state index in [2.05, 4.69) is 12.2 Å². The molecule has 1 unspecified atom stereocenters. The zero-order valence-corrected chi connectivity index (χ0v) is 13.9. The number of carbonyl (C=O) groups excluding carboxylic acids is 2. The molecular weight excluding hydrogens is 318 g/mol. The van der Waals surface area contributed by atoms with Crippen molar-refractivity contribution in [3.05, 3.63) is 28.2 Å². The number of nitrogens with one attached hydrogen (secondary N) is 1. The van der Waals surface area contributed by atoms with Crippen LogP contribution in [0.3, 0.4) is 0 Å². The van der Waals surface area contributed by atoms with Gasteiger partial charge in [0.05, 0.1) is 12.2 Å². The highest BCUT2D eigenvalue weighted by molar-refractivity contribution is 7.17. The number of aryl methyl sites for hydroxylation is 1. The zero-order valence-electron chi connectivity index (χ0n) is 13.0. The van der Waals surface area contributed by atoms with Gasteiger partial charge in [0.1, 0.15) is 5.00 Å². The number of ether oxygens (including phenoxy) is 1. The summed E-state index contributed by atoms with van der Waals surface area (Å²) in [5.41, 5.74) is 1.37. The van der Waals surface area contributed by atoms with E-state index >= 15 is 0 Å². The van der Waals surface area contributed by atoms with E-state index in [1.807, 2.05) is 0 Å². The molecule has 6 nitrogen and oxygen atoms in total. The van der Waals surface area contributed by atoms with Gasteiger partial charge in [-0.3, -0.25) is 4.79 Å². The van der Waals surface area contributed by atoms with E-state index in [1.54, 1.807) is 6.92 Å². The number of carboxylic acid groups (broad SMARTS) is 1. The smallest absolute Gasteiger partial charge is 0.341 e. The fourth-order valence-electron chi connectivity index (χ4n) is 2.71. The van der Waals surface area contributed by atoms with E-state index in [9.17, 15) is 14.4 Å². The molecule has 1 atom stereocenters. The Morgan fingerprint density at radius 2 is 2.13 bits per heavy atom. The number of hydrogen-bond donors (Lipinski definition) is 2. The van der Waals surface area contributed by atoms with Gasteiger partial charge in [0, 0.05) is 17.0 Å². The average molecular weight is 337 g/mol. The third kappa shape index (κ3) is 3.98. The molecule has 0 saturated heterocycles. The van der Waals surface area contributed by atoms with Gasteiger partial charge < -0.3 is 15.2 Å². The van der Waals surface area contributed by atoms with Crippen LogP contribution in [-0.2, 0) is 20.7 Å². The quantitative estimate of drug-likeness (QED) is 0.636. The number of aliphatic carboxylic acids is 1. The highest BCUT2D eigenvalue weighted by Crippen LogP contribution is 2.43. The Hall–Kier alpha value is -2.15. The Balaban J connectivity index is 2.36. The summed E-state index contributed by atoms with van der Waals surface area (Å²) in [4.78, 5) is 35.7. The molecule has 0 aromatic carbocycles. The van der Waals surface area contributed by atoms with Crippen LogP contribution in [0.1, 0.15) is 53.4 Å². The van der Waals surface area contributed by atoms with Gasteiger partial charge in [-0.1, -0.05) is 6.92 Å². The van der Waals surface area contributed by atoms with Gasteiger partial charge in [-0.05, 0) is 37.7 Å². The summed E-state index contributed by atoms with van der Waals surface area (Å²) in [5.74, 6) is -2.00. The fourth-order valence-corrected chi connectivity index (χ4v) is 4.06. The molecule has 1 aliphatic carbocycles. The normalized spacial score (nSPS) is 16.9. The summed E-state index contributed by atoms with van der Waals surface area (Å²) in [6, 6.07) is 0. The lowest BCUT2D eigenvalue weighted by molar-refractivity contribution is -0.131. The molecule has 7 heteroatoms. The van der Waals surface area contributed by atoms with Crippen LogP contribution in [0.2, 0.25) is 0 Å². The van der Waals surface area contributed by atoms with Crippen LogP contribution in [0.15, 0.2) is 12.2 Å². The molecule has 23 heavy (non-hydrogen) atoms. The second-order valence-electron chi connectivity index (χ2n) is 5.32. The average Bonchev–Trinajstić information content (AvgIpc) is 2.84. The van der Waals surface area contributed by atoms with Crippen molar-refractivity contribution in [2.45, 2.75) is 39.0 Å². The number of anilines is 1. The third-order valence-electron chi connectivity index (χ3n) is 3.65. The van der Waals surface area contributed by atoms with Crippen LogP contribution >= 0.6 is 11.3 Å². The summed E-state index contributed by atoms with van der Waals surface area (Å²) >= 11 is 1.37. The van der Waals surface area contributed by atoms with Crippen molar-refractivity contribution < 1.29 is 24.2 Å². The van der Waals surface area contributed by atoms with Crippen LogP contribution in [0.5, 0.6) is 0 Å². The molecule has 0 bridgehead atoms. The van der Waals surface area contributed by atoms with Gasteiger partial charge in [0.25, 0.3) is 0 Å². The SMILES string of the molecule is CCOC(=O)c1c(NC(=O)/C=C/C(=O)O)sc2c1C(C)CCC2. The number of amides is 1. The monoisotopic (exact) mass is 337 g/mol. The molecule has 1 amide bonds. The third-order valence-corrected chi connectivity index (χ3v) is 4.83. The first-order valence-corrected chi connectivity index (χ1v) is 8.30. The Morgan fingerprint density at radius 1 is 1.39 bits per heavy atom. The Labute approximate surface area is 138 Å². The highest BCUT2D eigenvalue weighted by Gasteiger charge is 2.30. The first-order valence-electron chi connectivity index (χ1n) is 7.48. The molecule has 1 heterocycles. The number of esters is 1. The maximum atomic E-state index is 12.3. The molecule has 0 spiro atoms. The van der Waals surface area contributed by atoms with Crippen molar-refractivity contribution >= 4 is 34.2 Å². The van der Waals surface area contributed by atoms with E-state index < -0.39 is 17.8 Å². The van der Waals surface area contributed by atoms with Gasteiger partial charge >= 0.3 is 11.9 Å². The Bertz CT molecular complexity index is 662. The molecular formula is C16H19NO5S. The van der Waals surface area contributed by atoms with E-state index in [1.165, 1.54) is 11.3 Å². The highest BCUT2D eigenvalue weighted by atomic mass is 32.1. The molecule has 0 radical (unpaired) electrons. The molecule has 2 rings (SSSR count). The van der Waals surface area contributed by atoms with Gasteiger partial charge in [0.15, 0.2) is 0 Å². The summed E-state index contributed by atoms with van der Waals surface area (Å²) in [6.07, 6.45) is 4.60. The van der Waals surface area contributed by atoms with Crippen molar-refractivity contribution in [1.29, 1.82) is 0 Å². The minimum Gasteiger partial charge on any atom is -0.478 e. The topological polar surface area (TPSA) is 92.7 Å². The van der Waals surface area contributed by atoms with E-state index in [0.717, 1.165) is 41.9 Å². The van der Waals surface area contributed by atoms with Crippen LogP contribution in [-0.4, -0.2) is 29.6 Å². The summed E-state index contributed by atoms with van der Waals surface area (Å²) in [5, 5.41) is 11.6. The zero-order chi connectivity index (χ0) is 17.0. The first kappa shape index (κ1) is 17.2. The number of carbonyl (C=O) groups is 3. The fraction of sp³-hybridized carbons (Fsp3) is 0.438. The lowest BCUT2D eigenvalue weighted by Crippen LogP contribution is -2.15. The molecule has 2 N–H and O–H groups in total. The van der Waals surface area contributed by atoms with Crippen LogP contribution in [0.4, 0.5) is 5.00 Å². The second-order valence-corrected chi connectivity index (χ2v) is 6.42. The first-order chi connectivity index (χ1) is 10.9. The standard InChI is InChI=1S/C16H19NO5S/c1-3-22-16(21)14-13-9(2)5-4-6-10(13)23-15(14)17-11(18)7-8-12(19)20/h7-9H,3-6H2,1-2H3,(H,17,18)(H,19,20)/b8-7+. The molecule has 0 saturated carbocycles. The van der Waals surface area contributed by atoms with Gasteiger partial charge in [-0.15, -0.1) is 11.3 Å². The lowest BCUT2D eigenvalue weighted by Gasteiger charge is -2.19. The summed E-state index contributed by atoms with van der Waals surface area (Å²) in [7, 11) is 0. The van der Waals surface area contributed by atoms with Crippen molar-refractivity contribution in [2.24, 2.45) is 0 Å². The van der Waals surface area contributed by atoms with Gasteiger partial charge in [-0.25, -0.2) is 9.59 Å². The maximum Gasteiger partial charge on any atom is 0.341 e. The van der Waals surface area contributed by atoms with Crippen molar-refractivity contribution in [3.63, 3.8) is 0 Å². The number of fused-ring (bicyclic) bond motifs is 1. The van der Waals surface area contributed by atoms with Crippen molar-refractivity contribution in [1.82, 2.24) is 0 Å². The Kier molecular flexibility index (Phi) is 5.54. The maximum absolute atomic E-state index is 12.3. The lowest BCUT2D eigenvalue weighted by atomic mass is 9.86. The van der Waals surface area contributed by atoms with Crippen LogP contribution in [0, 0.1) is 0 Å². The van der Waals surface area contributed by atoms with Gasteiger partial charge in [-0.2, -0.15) is 0 Å². The van der Waals surface area contributed by atoms with E-state index in [-0.39, 0.29) is 12.5 Å². The number of thiophene rings is 1. The summed E-state index contributed by atoms with van der Waals surface area (Å²) < 4.78 is 5.13. The second kappa shape index (κ2) is 7.41. The minimum absolute atomic E-state index is 0.231. The number of hydrogen-bond acceptors (Lipinski definition) is 5. The largest absolute Gasteiger partial charge is 0.478 e. The number of carboxylic acids is 1. The van der Waals surface area contributed by atoms with E-state index in [0.29, 0.717) is 10.6 Å². The minimum atomic E-state index is -1.20. The number of rotatable bonds is 5. The van der Waals surface area contributed by atoms with Crippen LogP contribution < -0.4 is 5.32 Å². The Morgan fingerprint density at radius 3 is 2.78 bits per heavy atom. The summed E-state index contributed by atoms with van der Waals surface area (Å²) in [6.45, 7) is 4.04. The van der Waals surface area contributed by atoms with Gasteiger partial charge in [0.2, 0.25) is 5.91 Å². The van der Waals surface area contributed by atoms with Crippen molar-refractivity contribution in [2.75, 3.05) is 11.9 Å². The molecule has 1 aliphatic rings. The molecule has 0 fully saturated rings. The molecule has 1 aromatic rings. The predicted octanol–water partition coefficient (Wildman–Crippen LogP) is 2.94. The van der Waals surface area contributed by atoms with E-state index in [4.69, 9.17) is 9.84 Å².